The molecule has 1 aromatic rings. The summed E-state index contributed by atoms with van der Waals surface area (Å²) in [5.74, 6) is -4.52. The van der Waals surface area contributed by atoms with Gasteiger partial charge in [-0.25, -0.2) is 19.3 Å². The minimum Gasteiger partial charge on any atom is -0.478 e. The van der Waals surface area contributed by atoms with Crippen molar-refractivity contribution in [3.63, 3.8) is 0 Å². The van der Waals surface area contributed by atoms with Crippen LogP contribution in [0.2, 0.25) is 0 Å². The molecule has 172 valence electrons. The molecule has 4 rings (SSSR count). The van der Waals surface area contributed by atoms with Crippen molar-refractivity contribution in [2.75, 3.05) is 18.1 Å². The van der Waals surface area contributed by atoms with Crippen LogP contribution in [0.4, 0.5) is 5.69 Å². The summed E-state index contributed by atoms with van der Waals surface area (Å²) in [5.41, 5.74) is -0.542. The minimum atomic E-state index is -1.27. The Labute approximate surface area is 193 Å². The lowest BCUT2D eigenvalue weighted by atomic mass is 10.1. The molecule has 0 spiro atoms. The molecule has 0 unspecified atom stereocenters. The summed E-state index contributed by atoms with van der Waals surface area (Å²) in [6, 6.07) is 11.4. The summed E-state index contributed by atoms with van der Waals surface area (Å²) in [5, 5.41) is 9.55. The zero-order valence-corrected chi connectivity index (χ0v) is 18.3. The Hall–Kier alpha value is -4.53. The van der Waals surface area contributed by atoms with E-state index >= 15 is 0 Å². The summed E-state index contributed by atoms with van der Waals surface area (Å²) in [6.45, 7) is 3.10. The zero-order valence-electron chi connectivity index (χ0n) is 18.3. The van der Waals surface area contributed by atoms with E-state index < -0.39 is 29.7 Å². The van der Waals surface area contributed by atoms with Crippen LogP contribution in [-0.2, 0) is 9.47 Å². The summed E-state index contributed by atoms with van der Waals surface area (Å²) in [4.78, 5) is 65.3. The van der Waals surface area contributed by atoms with Crippen molar-refractivity contribution in [2.45, 2.75) is 13.8 Å². The van der Waals surface area contributed by atoms with Crippen LogP contribution >= 0.6 is 0 Å². The highest BCUT2D eigenvalue weighted by molar-refractivity contribution is 6.37. The molecule has 9 heteroatoms. The molecular formula is C25H19NO8. The molecule has 1 heterocycles. The van der Waals surface area contributed by atoms with Crippen LogP contribution in [0.3, 0.4) is 0 Å². The van der Waals surface area contributed by atoms with Crippen LogP contribution in [0, 0.1) is 0 Å². The number of imide groups is 1. The third-order valence-corrected chi connectivity index (χ3v) is 5.36. The Bertz CT molecular complexity index is 1310. The van der Waals surface area contributed by atoms with Crippen molar-refractivity contribution >= 4 is 35.4 Å². The van der Waals surface area contributed by atoms with Gasteiger partial charge in [0.05, 0.1) is 46.7 Å². The van der Waals surface area contributed by atoms with E-state index in [0.29, 0.717) is 0 Å². The van der Waals surface area contributed by atoms with Gasteiger partial charge in [0.1, 0.15) is 0 Å². The topological polar surface area (TPSA) is 127 Å². The van der Waals surface area contributed by atoms with Gasteiger partial charge in [-0.3, -0.25) is 9.59 Å². The number of rotatable bonds is 6. The molecule has 0 fully saturated rings. The van der Waals surface area contributed by atoms with Gasteiger partial charge in [-0.1, -0.05) is 24.3 Å². The molecule has 0 saturated carbocycles. The van der Waals surface area contributed by atoms with E-state index in [1.54, 1.807) is 26.0 Å². The first-order valence-electron chi connectivity index (χ1n) is 10.5. The molecule has 0 bridgehead atoms. The van der Waals surface area contributed by atoms with Gasteiger partial charge >= 0.3 is 17.9 Å². The molecular weight excluding hydrogens is 442 g/mol. The van der Waals surface area contributed by atoms with Crippen molar-refractivity contribution in [1.29, 1.82) is 0 Å². The van der Waals surface area contributed by atoms with Crippen molar-refractivity contribution in [3.8, 4) is 11.1 Å². The fourth-order valence-corrected chi connectivity index (χ4v) is 3.99. The molecule has 1 N–H and O–H groups in total. The lowest BCUT2D eigenvalue weighted by Gasteiger charge is -2.17. The van der Waals surface area contributed by atoms with E-state index in [0.717, 1.165) is 4.90 Å². The number of anilines is 1. The predicted octanol–water partition coefficient (Wildman–Crippen LogP) is 3.64. The number of esters is 2. The maximum Gasteiger partial charge on any atom is 0.340 e. The van der Waals surface area contributed by atoms with Crippen LogP contribution in [-0.4, -0.2) is 48.0 Å². The lowest BCUT2D eigenvalue weighted by Crippen LogP contribution is -2.32. The predicted molar refractivity (Wildman–Crippen MR) is 120 cm³/mol. The second-order valence-corrected chi connectivity index (χ2v) is 7.29. The molecule has 0 saturated heterocycles. The molecule has 34 heavy (non-hydrogen) atoms. The summed E-state index contributed by atoms with van der Waals surface area (Å²) in [6.07, 6.45) is 0. The van der Waals surface area contributed by atoms with Crippen LogP contribution in [0.15, 0.2) is 48.5 Å². The standard InChI is InChI=1S/C25H19NO8/c1-3-33-24(31)18-14-11-7-8-13(23(29)30)12-17(14)19(25(32)34-4-2)20(18)26-21(27)15-9-5-6-10-16(15)22(26)28/h5-12H,3-4H2,1-2H3,(H,29,30). The number of nitrogens with zero attached hydrogens (tertiary/aromatic N) is 1. The molecule has 3 aliphatic rings. The van der Waals surface area contributed by atoms with E-state index in [2.05, 4.69) is 0 Å². The van der Waals surface area contributed by atoms with E-state index in [9.17, 15) is 29.1 Å². The second-order valence-electron chi connectivity index (χ2n) is 7.29. The van der Waals surface area contributed by atoms with Crippen molar-refractivity contribution in [1.82, 2.24) is 0 Å². The van der Waals surface area contributed by atoms with Gasteiger partial charge in [0.15, 0.2) is 0 Å². The Kier molecular flexibility index (Phi) is 5.85. The first kappa shape index (κ1) is 22.7. The normalized spacial score (nSPS) is 12.6. The lowest BCUT2D eigenvalue weighted by molar-refractivity contribution is 0.0525. The number of ether oxygens (including phenoxy) is 2. The number of carboxylic acid groups (broad SMARTS) is 1. The number of carbonyl (C=O) groups is 5. The monoisotopic (exact) mass is 461 g/mol. The molecule has 0 atom stereocenters. The average Bonchev–Trinajstić information content (AvgIpc) is 3.13. The van der Waals surface area contributed by atoms with Gasteiger partial charge in [0.2, 0.25) is 0 Å². The van der Waals surface area contributed by atoms with E-state index in [-0.39, 0.29) is 57.8 Å². The number of carboxylic acids is 1. The first-order valence-corrected chi connectivity index (χ1v) is 10.5. The van der Waals surface area contributed by atoms with E-state index in [1.165, 1.54) is 36.4 Å². The highest BCUT2D eigenvalue weighted by atomic mass is 16.5. The smallest absolute Gasteiger partial charge is 0.340 e. The highest BCUT2D eigenvalue weighted by Crippen LogP contribution is 2.45. The van der Waals surface area contributed by atoms with Crippen molar-refractivity contribution in [3.05, 3.63) is 76.3 Å². The fourth-order valence-electron chi connectivity index (χ4n) is 3.99. The largest absolute Gasteiger partial charge is 0.478 e. The minimum absolute atomic E-state index is 0.0128. The van der Waals surface area contributed by atoms with Crippen molar-refractivity contribution in [2.24, 2.45) is 0 Å². The van der Waals surface area contributed by atoms with E-state index in [1.807, 2.05) is 0 Å². The zero-order chi connectivity index (χ0) is 24.6. The maximum absolute atomic E-state index is 13.3. The summed E-state index contributed by atoms with van der Waals surface area (Å²) >= 11 is 0. The number of benzene rings is 1. The third kappa shape index (κ3) is 3.47. The molecule has 1 aliphatic heterocycles. The maximum atomic E-state index is 13.3. The number of aromatic carboxylic acids is 1. The third-order valence-electron chi connectivity index (χ3n) is 5.36. The van der Waals surface area contributed by atoms with Crippen LogP contribution in [0.5, 0.6) is 0 Å². The second kappa shape index (κ2) is 8.78. The number of carbonyl (C=O) groups excluding carboxylic acids is 4. The quantitative estimate of drug-likeness (QED) is 0.435. The van der Waals surface area contributed by atoms with Gasteiger partial charge in [0.25, 0.3) is 11.8 Å². The number of hydrogen-bond donors (Lipinski definition) is 1. The first-order chi connectivity index (χ1) is 16.3. The summed E-state index contributed by atoms with van der Waals surface area (Å²) < 4.78 is 10.4. The SMILES string of the molecule is CCOC(=O)c1c2cccc(C(=O)O)cc-2c(C(=O)OCC)c1N1C(=O)c2ccccc2C1=O. The van der Waals surface area contributed by atoms with Gasteiger partial charge in [-0.15, -0.1) is 0 Å². The molecule has 0 aromatic heterocycles. The number of fused-ring (bicyclic) bond motifs is 2. The van der Waals surface area contributed by atoms with Crippen LogP contribution in [0.25, 0.3) is 11.1 Å². The summed E-state index contributed by atoms with van der Waals surface area (Å²) in [7, 11) is 0. The molecule has 1 aromatic carbocycles. The molecule has 0 radical (unpaired) electrons. The average molecular weight is 461 g/mol. The van der Waals surface area contributed by atoms with Gasteiger partial charge < -0.3 is 14.6 Å². The Balaban J connectivity index is 2.12. The Morgan fingerprint density at radius 3 is 1.76 bits per heavy atom. The van der Waals surface area contributed by atoms with Crippen LogP contribution in [0.1, 0.15) is 65.6 Å². The Morgan fingerprint density at radius 1 is 0.765 bits per heavy atom. The number of hydrogen-bond acceptors (Lipinski definition) is 7. The molecule has 9 nitrogen and oxygen atoms in total. The van der Waals surface area contributed by atoms with Gasteiger partial charge in [0, 0.05) is 5.56 Å². The highest BCUT2D eigenvalue weighted by Gasteiger charge is 2.44. The van der Waals surface area contributed by atoms with Gasteiger partial charge in [-0.2, -0.15) is 0 Å². The Morgan fingerprint density at radius 2 is 1.26 bits per heavy atom. The van der Waals surface area contributed by atoms with Gasteiger partial charge in [-0.05, 0) is 43.7 Å². The van der Waals surface area contributed by atoms with E-state index in [4.69, 9.17) is 9.47 Å². The molecule has 2 aliphatic carbocycles. The number of amides is 2. The fraction of sp³-hybridized carbons (Fsp3) is 0.160. The molecule has 2 amide bonds. The van der Waals surface area contributed by atoms with Crippen molar-refractivity contribution < 1.29 is 38.6 Å². The van der Waals surface area contributed by atoms with Crippen LogP contribution < -0.4 is 4.90 Å².